The highest BCUT2D eigenvalue weighted by Gasteiger charge is 2.61. The molecule has 86 valence electrons. The minimum atomic E-state index is -1.00. The third kappa shape index (κ3) is 1.35. The van der Waals surface area contributed by atoms with Crippen LogP contribution in [0, 0.1) is 11.7 Å². The lowest BCUT2D eigenvalue weighted by Gasteiger charge is -2.28. The van der Waals surface area contributed by atoms with Crippen molar-refractivity contribution in [3.63, 3.8) is 0 Å². The van der Waals surface area contributed by atoms with Gasteiger partial charge in [0, 0.05) is 16.0 Å². The lowest BCUT2D eigenvalue weighted by atomic mass is 9.87. The zero-order valence-electron chi connectivity index (χ0n) is 8.34. The summed E-state index contributed by atoms with van der Waals surface area (Å²) in [5.74, 6) is -0.356. The van der Waals surface area contributed by atoms with E-state index in [1.54, 1.807) is 12.1 Å². The van der Waals surface area contributed by atoms with Crippen LogP contribution in [-0.2, 0) is 10.4 Å². The molecule has 0 spiro atoms. The summed E-state index contributed by atoms with van der Waals surface area (Å²) in [6, 6.07) is 4.56. The molecule has 1 saturated heterocycles. The molecule has 3 atom stereocenters. The first kappa shape index (κ1) is 10.6. The van der Waals surface area contributed by atoms with Gasteiger partial charge in [-0.2, -0.15) is 5.48 Å². The first-order valence-electron chi connectivity index (χ1n) is 5.12. The monoisotopic (exact) mass is 289 g/mol. The van der Waals surface area contributed by atoms with E-state index in [0.717, 1.165) is 10.9 Å². The van der Waals surface area contributed by atoms with E-state index in [4.69, 9.17) is 4.84 Å². The number of nitrogens with one attached hydrogen (secondary N) is 1. The number of fused-ring (bicyclic) bond motifs is 1. The van der Waals surface area contributed by atoms with Gasteiger partial charge in [0.05, 0.1) is 6.10 Å². The fourth-order valence-electron chi connectivity index (χ4n) is 2.37. The molecule has 1 aromatic carbocycles. The van der Waals surface area contributed by atoms with E-state index in [9.17, 15) is 8.78 Å². The van der Waals surface area contributed by atoms with Crippen LogP contribution in [-0.4, -0.2) is 12.8 Å². The Morgan fingerprint density at radius 2 is 2.38 bits per heavy atom. The molecular formula is C11H10BrF2NO. The average Bonchev–Trinajstić information content (AvgIpc) is 2.98. The van der Waals surface area contributed by atoms with Crippen LogP contribution in [0.1, 0.15) is 12.0 Å². The Kier molecular flexibility index (Phi) is 2.31. The van der Waals surface area contributed by atoms with Gasteiger partial charge < -0.3 is 0 Å². The van der Waals surface area contributed by atoms with Crippen molar-refractivity contribution in [2.75, 3.05) is 6.67 Å². The molecule has 3 unspecified atom stereocenters. The van der Waals surface area contributed by atoms with E-state index >= 15 is 0 Å². The zero-order chi connectivity index (χ0) is 11.3. The molecule has 5 heteroatoms. The first-order valence-corrected chi connectivity index (χ1v) is 5.91. The smallest absolute Gasteiger partial charge is 0.128 e. The molecule has 16 heavy (non-hydrogen) atoms. The van der Waals surface area contributed by atoms with Crippen LogP contribution in [0.3, 0.4) is 0 Å². The molecule has 1 aromatic rings. The van der Waals surface area contributed by atoms with E-state index < -0.39 is 18.0 Å². The van der Waals surface area contributed by atoms with Gasteiger partial charge in [-0.1, -0.05) is 15.9 Å². The Morgan fingerprint density at radius 1 is 1.56 bits per heavy atom. The van der Waals surface area contributed by atoms with Gasteiger partial charge in [0.1, 0.15) is 18.0 Å². The number of hydroxylamine groups is 1. The van der Waals surface area contributed by atoms with E-state index in [1.165, 1.54) is 6.07 Å². The van der Waals surface area contributed by atoms with Gasteiger partial charge in [-0.25, -0.2) is 8.78 Å². The second kappa shape index (κ2) is 3.48. The molecular weight excluding hydrogens is 280 g/mol. The van der Waals surface area contributed by atoms with Crippen molar-refractivity contribution in [3.05, 3.63) is 34.1 Å². The molecule has 3 rings (SSSR count). The molecule has 2 aliphatic rings. The number of hydrogen-bond donors (Lipinski definition) is 1. The summed E-state index contributed by atoms with van der Waals surface area (Å²) in [5, 5.41) is 0. The minimum absolute atomic E-state index is 0.0362. The molecule has 0 bridgehead atoms. The number of rotatable bonds is 2. The maximum absolute atomic E-state index is 13.8. The maximum Gasteiger partial charge on any atom is 0.128 e. The van der Waals surface area contributed by atoms with Crippen molar-refractivity contribution in [1.82, 2.24) is 5.48 Å². The fraction of sp³-hybridized carbons (Fsp3) is 0.455. The van der Waals surface area contributed by atoms with E-state index in [-0.39, 0.29) is 12.0 Å². The Bertz CT molecular complexity index is 442. The van der Waals surface area contributed by atoms with Crippen molar-refractivity contribution < 1.29 is 13.6 Å². The zero-order valence-corrected chi connectivity index (χ0v) is 9.93. The molecule has 1 N–H and O–H groups in total. The first-order chi connectivity index (χ1) is 7.67. The largest absolute Gasteiger partial charge is 0.297 e. The summed E-state index contributed by atoms with van der Waals surface area (Å²) in [7, 11) is 0. The third-order valence-electron chi connectivity index (χ3n) is 3.38. The second-order valence-corrected chi connectivity index (χ2v) is 5.25. The summed E-state index contributed by atoms with van der Waals surface area (Å²) in [4.78, 5) is 5.21. The Balaban J connectivity index is 2.09. The van der Waals surface area contributed by atoms with Crippen LogP contribution in [0.15, 0.2) is 22.7 Å². The molecule has 0 amide bonds. The quantitative estimate of drug-likeness (QED) is 0.904. The fourth-order valence-corrected chi connectivity index (χ4v) is 2.73. The highest BCUT2D eigenvalue weighted by molar-refractivity contribution is 9.10. The topological polar surface area (TPSA) is 21.3 Å². The molecule has 1 saturated carbocycles. The van der Waals surface area contributed by atoms with Crippen molar-refractivity contribution in [3.8, 4) is 0 Å². The predicted molar refractivity (Wildman–Crippen MR) is 57.9 cm³/mol. The summed E-state index contributed by atoms with van der Waals surface area (Å²) in [5.41, 5.74) is 2.01. The standard InChI is InChI=1S/C11H10BrF2NO/c12-6-1-2-9(14)7(3-6)11(5-13)8-4-10(8)16-15-11/h1-3,8,10,15H,4-5H2. The van der Waals surface area contributed by atoms with Gasteiger partial charge >= 0.3 is 0 Å². The highest BCUT2D eigenvalue weighted by atomic mass is 79.9. The Hall–Kier alpha value is -0.520. The third-order valence-corrected chi connectivity index (χ3v) is 3.87. The SMILES string of the molecule is FCC1(c2cc(Br)ccc2F)NOC2CC21. The van der Waals surface area contributed by atoms with E-state index in [0.29, 0.717) is 5.56 Å². The van der Waals surface area contributed by atoms with Crippen LogP contribution in [0.5, 0.6) is 0 Å². The van der Waals surface area contributed by atoms with Crippen LogP contribution in [0.4, 0.5) is 8.78 Å². The minimum Gasteiger partial charge on any atom is -0.297 e. The molecule has 2 nitrogen and oxygen atoms in total. The lowest BCUT2D eigenvalue weighted by Crippen LogP contribution is -2.43. The van der Waals surface area contributed by atoms with Crippen LogP contribution in [0.2, 0.25) is 0 Å². The van der Waals surface area contributed by atoms with Gasteiger partial charge in [0.25, 0.3) is 0 Å². The van der Waals surface area contributed by atoms with Gasteiger partial charge in [-0.3, -0.25) is 4.84 Å². The van der Waals surface area contributed by atoms with Crippen molar-refractivity contribution in [2.45, 2.75) is 18.1 Å². The predicted octanol–water partition coefficient (Wildman–Crippen LogP) is 2.68. The second-order valence-electron chi connectivity index (χ2n) is 4.33. The molecule has 1 aliphatic carbocycles. The van der Waals surface area contributed by atoms with E-state index in [2.05, 4.69) is 21.4 Å². The van der Waals surface area contributed by atoms with Gasteiger partial charge in [0.2, 0.25) is 0 Å². The number of alkyl halides is 1. The number of halogens is 3. The number of benzene rings is 1. The summed E-state index contributed by atoms with van der Waals surface area (Å²) in [6.45, 7) is -0.665. The molecule has 1 heterocycles. The van der Waals surface area contributed by atoms with Crippen molar-refractivity contribution in [2.24, 2.45) is 5.92 Å². The molecule has 0 radical (unpaired) electrons. The lowest BCUT2D eigenvalue weighted by molar-refractivity contribution is 0.00723. The van der Waals surface area contributed by atoms with Gasteiger partial charge in [-0.15, -0.1) is 0 Å². The van der Waals surface area contributed by atoms with Crippen molar-refractivity contribution >= 4 is 15.9 Å². The Labute approximate surface area is 100 Å². The van der Waals surface area contributed by atoms with Crippen LogP contribution >= 0.6 is 15.9 Å². The maximum atomic E-state index is 13.8. The molecule has 1 aliphatic heterocycles. The normalized spacial score (nSPS) is 36.2. The van der Waals surface area contributed by atoms with Gasteiger partial charge in [0.15, 0.2) is 0 Å². The summed E-state index contributed by atoms with van der Waals surface area (Å²) >= 11 is 3.27. The summed E-state index contributed by atoms with van der Waals surface area (Å²) in [6.07, 6.45) is 0.831. The summed E-state index contributed by atoms with van der Waals surface area (Å²) < 4.78 is 27.8. The average molecular weight is 290 g/mol. The molecule has 0 aromatic heterocycles. The van der Waals surface area contributed by atoms with Gasteiger partial charge in [-0.05, 0) is 24.6 Å². The highest BCUT2D eigenvalue weighted by Crippen LogP contribution is 2.53. The van der Waals surface area contributed by atoms with Crippen LogP contribution in [0.25, 0.3) is 0 Å². The Morgan fingerprint density at radius 3 is 2.94 bits per heavy atom. The van der Waals surface area contributed by atoms with Crippen LogP contribution < -0.4 is 5.48 Å². The molecule has 2 fully saturated rings. The van der Waals surface area contributed by atoms with E-state index in [1.807, 2.05) is 0 Å². The number of hydrogen-bond acceptors (Lipinski definition) is 2. The van der Waals surface area contributed by atoms with Crippen molar-refractivity contribution in [1.29, 1.82) is 0 Å².